The molecule has 0 aliphatic rings. The molecular formula is C14H14F2N2O. The average Bonchev–Trinajstić information content (AvgIpc) is 2.36. The predicted octanol–water partition coefficient (Wildman–Crippen LogP) is 2.13. The fourth-order valence-corrected chi connectivity index (χ4v) is 1.87. The van der Waals surface area contributed by atoms with Gasteiger partial charge < -0.3 is 10.3 Å². The van der Waals surface area contributed by atoms with Crippen molar-refractivity contribution >= 4 is 0 Å². The highest BCUT2D eigenvalue weighted by molar-refractivity contribution is 5.22. The van der Waals surface area contributed by atoms with Crippen LogP contribution in [0.25, 0.3) is 0 Å². The standard InChI is InChI=1S/C14H14F2N2O/c1-9-5-6-18(13(19)7-9)8-12(17)10-3-2-4-11(15)14(10)16/h2-7,12H,8,17H2,1H3. The summed E-state index contributed by atoms with van der Waals surface area (Å²) in [4.78, 5) is 11.7. The number of hydrogen-bond donors (Lipinski definition) is 1. The van der Waals surface area contributed by atoms with Crippen molar-refractivity contribution in [2.75, 3.05) is 0 Å². The highest BCUT2D eigenvalue weighted by atomic mass is 19.2. The molecule has 100 valence electrons. The van der Waals surface area contributed by atoms with Crippen LogP contribution in [0, 0.1) is 18.6 Å². The Morgan fingerprint density at radius 2 is 2.05 bits per heavy atom. The van der Waals surface area contributed by atoms with Crippen molar-refractivity contribution in [3.05, 3.63) is 69.6 Å². The van der Waals surface area contributed by atoms with Crippen LogP contribution >= 0.6 is 0 Å². The molecular weight excluding hydrogens is 250 g/mol. The minimum absolute atomic E-state index is 0.0625. The first-order valence-electron chi connectivity index (χ1n) is 5.85. The van der Waals surface area contributed by atoms with Crippen molar-refractivity contribution < 1.29 is 8.78 Å². The van der Waals surface area contributed by atoms with E-state index >= 15 is 0 Å². The third-order valence-electron chi connectivity index (χ3n) is 2.93. The molecule has 0 saturated heterocycles. The zero-order valence-corrected chi connectivity index (χ0v) is 10.4. The van der Waals surface area contributed by atoms with E-state index < -0.39 is 17.7 Å². The van der Waals surface area contributed by atoms with Gasteiger partial charge in [-0.05, 0) is 24.6 Å². The maximum Gasteiger partial charge on any atom is 0.250 e. The third kappa shape index (κ3) is 2.88. The molecule has 0 aliphatic heterocycles. The summed E-state index contributed by atoms with van der Waals surface area (Å²) in [6, 6.07) is 6.29. The molecule has 1 heterocycles. The fourth-order valence-electron chi connectivity index (χ4n) is 1.87. The van der Waals surface area contributed by atoms with E-state index in [0.717, 1.165) is 11.6 Å². The summed E-state index contributed by atoms with van der Waals surface area (Å²) >= 11 is 0. The zero-order valence-electron chi connectivity index (χ0n) is 10.4. The Bertz CT molecular complexity index is 652. The summed E-state index contributed by atoms with van der Waals surface area (Å²) in [5.41, 5.74) is 6.52. The van der Waals surface area contributed by atoms with Gasteiger partial charge in [-0.1, -0.05) is 12.1 Å². The number of aryl methyl sites for hydroxylation is 1. The van der Waals surface area contributed by atoms with Crippen molar-refractivity contribution in [3.63, 3.8) is 0 Å². The lowest BCUT2D eigenvalue weighted by molar-refractivity contribution is 0.472. The van der Waals surface area contributed by atoms with Gasteiger partial charge in [0.15, 0.2) is 11.6 Å². The van der Waals surface area contributed by atoms with Crippen molar-refractivity contribution in [1.82, 2.24) is 4.57 Å². The quantitative estimate of drug-likeness (QED) is 0.923. The fraction of sp³-hybridized carbons (Fsp3) is 0.214. The summed E-state index contributed by atoms with van der Waals surface area (Å²) in [5.74, 6) is -1.90. The monoisotopic (exact) mass is 264 g/mol. The van der Waals surface area contributed by atoms with Crippen molar-refractivity contribution in [2.24, 2.45) is 5.73 Å². The first-order valence-corrected chi connectivity index (χ1v) is 5.85. The van der Waals surface area contributed by atoms with Crippen molar-refractivity contribution in [2.45, 2.75) is 19.5 Å². The number of halogens is 2. The SMILES string of the molecule is Cc1ccn(CC(N)c2cccc(F)c2F)c(=O)c1. The predicted molar refractivity (Wildman–Crippen MR) is 68.7 cm³/mol. The molecule has 1 aromatic carbocycles. The van der Waals surface area contributed by atoms with E-state index in [4.69, 9.17) is 5.73 Å². The highest BCUT2D eigenvalue weighted by Crippen LogP contribution is 2.18. The molecule has 5 heteroatoms. The molecule has 0 amide bonds. The minimum atomic E-state index is -0.963. The van der Waals surface area contributed by atoms with Crippen LogP contribution in [0.1, 0.15) is 17.2 Å². The lowest BCUT2D eigenvalue weighted by atomic mass is 10.1. The Morgan fingerprint density at radius 3 is 2.74 bits per heavy atom. The number of rotatable bonds is 3. The molecule has 1 atom stereocenters. The maximum atomic E-state index is 13.6. The number of pyridine rings is 1. The first-order chi connectivity index (χ1) is 8.99. The zero-order chi connectivity index (χ0) is 14.0. The van der Waals surface area contributed by atoms with E-state index in [0.29, 0.717) is 0 Å². The van der Waals surface area contributed by atoms with Crippen LogP contribution in [-0.4, -0.2) is 4.57 Å². The van der Waals surface area contributed by atoms with Crippen LogP contribution < -0.4 is 11.3 Å². The molecule has 0 radical (unpaired) electrons. The van der Waals surface area contributed by atoms with E-state index in [-0.39, 0.29) is 17.7 Å². The molecule has 19 heavy (non-hydrogen) atoms. The molecule has 0 aliphatic carbocycles. The van der Waals surface area contributed by atoms with Crippen molar-refractivity contribution in [1.29, 1.82) is 0 Å². The van der Waals surface area contributed by atoms with E-state index in [1.54, 1.807) is 19.2 Å². The van der Waals surface area contributed by atoms with Gasteiger partial charge >= 0.3 is 0 Å². The van der Waals surface area contributed by atoms with E-state index in [2.05, 4.69) is 0 Å². The van der Waals surface area contributed by atoms with Gasteiger partial charge in [0.2, 0.25) is 0 Å². The molecule has 2 N–H and O–H groups in total. The molecule has 0 spiro atoms. The van der Waals surface area contributed by atoms with Crippen LogP contribution in [0.2, 0.25) is 0 Å². The Morgan fingerprint density at radius 1 is 1.32 bits per heavy atom. The molecule has 0 bridgehead atoms. The maximum absolute atomic E-state index is 13.6. The van der Waals surface area contributed by atoms with E-state index in [9.17, 15) is 13.6 Å². The molecule has 2 rings (SSSR count). The summed E-state index contributed by atoms with van der Waals surface area (Å²) in [7, 11) is 0. The van der Waals surface area contributed by atoms with Crippen LogP contribution in [0.15, 0.2) is 41.3 Å². The Balaban J connectivity index is 2.28. The van der Waals surface area contributed by atoms with E-state index in [1.165, 1.54) is 22.8 Å². The van der Waals surface area contributed by atoms with Gasteiger partial charge in [0.1, 0.15) is 0 Å². The van der Waals surface area contributed by atoms with E-state index in [1.807, 2.05) is 0 Å². The van der Waals surface area contributed by atoms with Gasteiger partial charge in [0.05, 0.1) is 6.04 Å². The number of nitrogens with zero attached hydrogens (tertiary/aromatic N) is 1. The molecule has 0 saturated carbocycles. The number of hydrogen-bond acceptors (Lipinski definition) is 2. The number of aromatic nitrogens is 1. The van der Waals surface area contributed by atoms with Crippen LogP contribution in [-0.2, 0) is 6.54 Å². The van der Waals surface area contributed by atoms with Gasteiger partial charge in [0.25, 0.3) is 5.56 Å². The summed E-state index contributed by atoms with van der Waals surface area (Å²) in [5, 5.41) is 0. The smallest absolute Gasteiger partial charge is 0.250 e. The van der Waals surface area contributed by atoms with Gasteiger partial charge in [-0.3, -0.25) is 4.79 Å². The topological polar surface area (TPSA) is 48.0 Å². The van der Waals surface area contributed by atoms with Crippen LogP contribution in [0.5, 0.6) is 0 Å². The van der Waals surface area contributed by atoms with Crippen LogP contribution in [0.4, 0.5) is 8.78 Å². The second kappa shape index (κ2) is 5.32. The summed E-state index contributed by atoms with van der Waals surface area (Å²) < 4.78 is 28.1. The third-order valence-corrected chi connectivity index (χ3v) is 2.93. The van der Waals surface area contributed by atoms with Gasteiger partial charge in [-0.25, -0.2) is 8.78 Å². The molecule has 3 nitrogen and oxygen atoms in total. The molecule has 1 unspecified atom stereocenters. The van der Waals surface area contributed by atoms with Gasteiger partial charge in [-0.15, -0.1) is 0 Å². The normalized spacial score (nSPS) is 12.4. The lowest BCUT2D eigenvalue weighted by Gasteiger charge is -2.15. The van der Waals surface area contributed by atoms with Gasteiger partial charge in [-0.2, -0.15) is 0 Å². The second-order valence-corrected chi connectivity index (χ2v) is 4.44. The molecule has 2 aromatic rings. The molecule has 1 aromatic heterocycles. The first kappa shape index (κ1) is 13.4. The summed E-state index contributed by atoms with van der Waals surface area (Å²) in [6.45, 7) is 1.90. The highest BCUT2D eigenvalue weighted by Gasteiger charge is 2.15. The minimum Gasteiger partial charge on any atom is -0.322 e. The molecule has 0 fully saturated rings. The Labute approximate surface area is 109 Å². The largest absolute Gasteiger partial charge is 0.322 e. The van der Waals surface area contributed by atoms with Gasteiger partial charge in [0, 0.05) is 24.4 Å². The Kier molecular flexibility index (Phi) is 3.76. The number of benzene rings is 1. The lowest BCUT2D eigenvalue weighted by Crippen LogP contribution is -2.26. The Hall–Kier alpha value is -2.01. The van der Waals surface area contributed by atoms with Crippen molar-refractivity contribution in [3.8, 4) is 0 Å². The van der Waals surface area contributed by atoms with Crippen LogP contribution in [0.3, 0.4) is 0 Å². The number of nitrogens with two attached hydrogens (primary N) is 1. The second-order valence-electron chi connectivity index (χ2n) is 4.44. The average molecular weight is 264 g/mol. The summed E-state index contributed by atoms with van der Waals surface area (Å²) in [6.07, 6.45) is 1.59.